The fraction of sp³-hybridized carbons (Fsp3) is 0.750. The van der Waals surface area contributed by atoms with Gasteiger partial charge in [0, 0.05) is 26.6 Å². The van der Waals surface area contributed by atoms with Crippen LogP contribution < -0.4 is 5.32 Å². The Morgan fingerprint density at radius 3 is 2.57 bits per heavy atom. The number of nitrogens with zero attached hydrogens (tertiary/aromatic N) is 1. The number of carbonyl (C=O) groups is 2. The van der Waals surface area contributed by atoms with Crippen LogP contribution in [0.3, 0.4) is 0 Å². The molecule has 0 radical (unpaired) electrons. The predicted octanol–water partition coefficient (Wildman–Crippen LogP) is 0.0965. The summed E-state index contributed by atoms with van der Waals surface area (Å²) in [5.74, 6) is -0.216. The van der Waals surface area contributed by atoms with Crippen molar-refractivity contribution in [1.82, 2.24) is 10.2 Å². The van der Waals surface area contributed by atoms with Crippen molar-refractivity contribution >= 4 is 12.0 Å². The number of rotatable bonds is 6. The third-order valence-electron chi connectivity index (χ3n) is 1.67. The Hall–Kier alpha value is -1.30. The van der Waals surface area contributed by atoms with Crippen molar-refractivity contribution in [3.05, 3.63) is 0 Å². The maximum Gasteiger partial charge on any atom is 0.407 e. The molecule has 6 nitrogen and oxygen atoms in total. The maximum atomic E-state index is 11.0. The number of nitrogens with one attached hydrogen (secondary N) is 1. The van der Waals surface area contributed by atoms with Gasteiger partial charge in [0.2, 0.25) is 5.91 Å². The topological polar surface area (TPSA) is 78.9 Å². The standard InChI is InChI=1S/C8H16N2O4/c1-3-10(8(12)13)5-4-7(11)9-6-14-2/h3-6H2,1-2H3,(H,9,11)(H,12,13). The average molecular weight is 204 g/mol. The third kappa shape index (κ3) is 5.36. The van der Waals surface area contributed by atoms with Crippen molar-refractivity contribution in [1.29, 1.82) is 0 Å². The Kier molecular flexibility index (Phi) is 6.47. The van der Waals surface area contributed by atoms with Crippen molar-refractivity contribution in [2.75, 3.05) is 26.9 Å². The molecule has 0 aromatic rings. The zero-order valence-corrected chi connectivity index (χ0v) is 8.45. The summed E-state index contributed by atoms with van der Waals surface area (Å²) in [5.41, 5.74) is 0. The predicted molar refractivity (Wildman–Crippen MR) is 49.9 cm³/mol. The smallest absolute Gasteiger partial charge is 0.407 e. The van der Waals surface area contributed by atoms with Crippen molar-refractivity contribution in [3.8, 4) is 0 Å². The summed E-state index contributed by atoms with van der Waals surface area (Å²) in [6.45, 7) is 2.47. The van der Waals surface area contributed by atoms with Gasteiger partial charge in [-0.05, 0) is 6.92 Å². The Morgan fingerprint density at radius 2 is 2.14 bits per heavy atom. The highest BCUT2D eigenvalue weighted by atomic mass is 16.5. The van der Waals surface area contributed by atoms with Gasteiger partial charge in [-0.2, -0.15) is 0 Å². The molecule has 0 aliphatic rings. The van der Waals surface area contributed by atoms with Crippen molar-refractivity contribution in [2.24, 2.45) is 0 Å². The number of carbonyl (C=O) groups excluding carboxylic acids is 1. The Morgan fingerprint density at radius 1 is 1.50 bits per heavy atom. The van der Waals surface area contributed by atoms with Gasteiger partial charge in [-0.3, -0.25) is 4.79 Å². The first-order chi connectivity index (χ1) is 6.61. The van der Waals surface area contributed by atoms with Crippen LogP contribution in [0.2, 0.25) is 0 Å². The quantitative estimate of drug-likeness (QED) is 0.601. The summed E-state index contributed by atoms with van der Waals surface area (Å²) >= 11 is 0. The molecular formula is C8H16N2O4. The molecule has 2 N–H and O–H groups in total. The van der Waals surface area contributed by atoms with Gasteiger partial charge in [0.25, 0.3) is 0 Å². The highest BCUT2D eigenvalue weighted by molar-refractivity contribution is 5.76. The molecule has 14 heavy (non-hydrogen) atoms. The molecule has 0 bridgehead atoms. The third-order valence-corrected chi connectivity index (χ3v) is 1.67. The number of carboxylic acid groups (broad SMARTS) is 1. The van der Waals surface area contributed by atoms with Crippen molar-refractivity contribution in [2.45, 2.75) is 13.3 Å². The molecule has 0 fully saturated rings. The molecule has 0 aliphatic carbocycles. The molecule has 2 amide bonds. The highest BCUT2D eigenvalue weighted by Crippen LogP contribution is 1.92. The summed E-state index contributed by atoms with van der Waals surface area (Å²) in [7, 11) is 1.47. The number of hydrogen-bond acceptors (Lipinski definition) is 3. The van der Waals surface area contributed by atoms with Crippen LogP contribution in [-0.2, 0) is 9.53 Å². The Labute approximate surface area is 82.8 Å². The number of amides is 2. The van der Waals surface area contributed by atoms with Crippen LogP contribution in [0.25, 0.3) is 0 Å². The van der Waals surface area contributed by atoms with Crippen LogP contribution in [0.4, 0.5) is 4.79 Å². The molecule has 0 atom stereocenters. The summed E-state index contributed by atoms with van der Waals surface area (Å²) in [5, 5.41) is 11.1. The molecule has 0 saturated heterocycles. The van der Waals surface area contributed by atoms with Crippen molar-refractivity contribution < 1.29 is 19.4 Å². The highest BCUT2D eigenvalue weighted by Gasteiger charge is 2.10. The molecule has 0 saturated carbocycles. The average Bonchev–Trinajstić information content (AvgIpc) is 2.15. The second-order valence-electron chi connectivity index (χ2n) is 2.65. The number of ether oxygens (including phenoxy) is 1. The lowest BCUT2D eigenvalue weighted by atomic mass is 10.3. The van der Waals surface area contributed by atoms with E-state index < -0.39 is 6.09 Å². The van der Waals surface area contributed by atoms with E-state index >= 15 is 0 Å². The van der Waals surface area contributed by atoms with E-state index in [9.17, 15) is 9.59 Å². The fourth-order valence-electron chi connectivity index (χ4n) is 0.867. The summed E-state index contributed by atoms with van der Waals surface area (Å²) < 4.78 is 4.63. The van der Waals surface area contributed by atoms with E-state index in [2.05, 4.69) is 10.1 Å². The van der Waals surface area contributed by atoms with Gasteiger partial charge >= 0.3 is 6.09 Å². The Balaban J connectivity index is 3.68. The first-order valence-corrected chi connectivity index (χ1v) is 4.35. The minimum Gasteiger partial charge on any atom is -0.465 e. The van der Waals surface area contributed by atoms with Crippen molar-refractivity contribution in [3.63, 3.8) is 0 Å². The molecule has 0 unspecified atom stereocenters. The first-order valence-electron chi connectivity index (χ1n) is 4.35. The van der Waals surface area contributed by atoms with E-state index in [4.69, 9.17) is 5.11 Å². The second kappa shape index (κ2) is 7.14. The summed E-state index contributed by atoms with van der Waals surface area (Å²) in [4.78, 5) is 22.7. The van der Waals surface area contributed by atoms with Crippen LogP contribution in [0.1, 0.15) is 13.3 Å². The van der Waals surface area contributed by atoms with Gasteiger partial charge in [0.15, 0.2) is 0 Å². The number of methoxy groups -OCH3 is 1. The zero-order valence-electron chi connectivity index (χ0n) is 8.45. The molecule has 0 aromatic carbocycles. The molecular weight excluding hydrogens is 188 g/mol. The van der Waals surface area contributed by atoms with Crippen LogP contribution in [-0.4, -0.2) is 48.9 Å². The van der Waals surface area contributed by atoms with E-state index in [1.54, 1.807) is 6.92 Å². The Bertz CT molecular complexity index is 196. The van der Waals surface area contributed by atoms with Gasteiger partial charge in [0.05, 0.1) is 0 Å². The van der Waals surface area contributed by atoms with Crippen LogP contribution in [0.5, 0.6) is 0 Å². The minimum atomic E-state index is -1.01. The van der Waals surface area contributed by atoms with Crippen LogP contribution in [0, 0.1) is 0 Å². The molecule has 82 valence electrons. The van der Waals surface area contributed by atoms with E-state index in [1.807, 2.05) is 0 Å². The zero-order chi connectivity index (χ0) is 11.0. The molecule has 0 aromatic heterocycles. The van der Waals surface area contributed by atoms with E-state index in [0.717, 1.165) is 0 Å². The lowest BCUT2D eigenvalue weighted by Crippen LogP contribution is -2.34. The van der Waals surface area contributed by atoms with E-state index in [1.165, 1.54) is 12.0 Å². The summed E-state index contributed by atoms with van der Waals surface area (Å²) in [6.07, 6.45) is -0.851. The van der Waals surface area contributed by atoms with Crippen LogP contribution >= 0.6 is 0 Å². The maximum absolute atomic E-state index is 11.0. The van der Waals surface area contributed by atoms with Gasteiger partial charge < -0.3 is 20.1 Å². The van der Waals surface area contributed by atoms with Gasteiger partial charge in [-0.25, -0.2) is 4.79 Å². The van der Waals surface area contributed by atoms with E-state index in [0.29, 0.717) is 6.54 Å². The van der Waals surface area contributed by atoms with Gasteiger partial charge in [-0.15, -0.1) is 0 Å². The first kappa shape index (κ1) is 12.7. The number of hydrogen-bond donors (Lipinski definition) is 2. The SMILES string of the molecule is CCN(CCC(=O)NCOC)C(=O)O. The fourth-order valence-corrected chi connectivity index (χ4v) is 0.867. The van der Waals surface area contributed by atoms with E-state index in [-0.39, 0.29) is 25.6 Å². The molecule has 6 heteroatoms. The lowest BCUT2D eigenvalue weighted by molar-refractivity contribution is -0.122. The lowest BCUT2D eigenvalue weighted by Gasteiger charge is -2.16. The van der Waals surface area contributed by atoms with Crippen LogP contribution in [0.15, 0.2) is 0 Å². The minimum absolute atomic E-state index is 0.151. The molecule has 0 heterocycles. The van der Waals surface area contributed by atoms with Gasteiger partial charge in [-0.1, -0.05) is 0 Å². The molecule has 0 aliphatic heterocycles. The normalized spacial score (nSPS) is 9.57. The van der Waals surface area contributed by atoms with Gasteiger partial charge in [0.1, 0.15) is 6.73 Å². The largest absolute Gasteiger partial charge is 0.465 e. The molecule has 0 rings (SSSR count). The second-order valence-corrected chi connectivity index (χ2v) is 2.65. The monoisotopic (exact) mass is 204 g/mol. The molecule has 0 spiro atoms. The summed E-state index contributed by atoms with van der Waals surface area (Å²) in [6, 6.07) is 0.